The molecule has 6 nitrogen and oxygen atoms in total. The van der Waals surface area contributed by atoms with Gasteiger partial charge < -0.3 is 24.8 Å². The van der Waals surface area contributed by atoms with E-state index in [1.807, 2.05) is 6.92 Å². The summed E-state index contributed by atoms with van der Waals surface area (Å²) in [4.78, 5) is 11.7. The van der Waals surface area contributed by atoms with Gasteiger partial charge in [-0.3, -0.25) is 0 Å². The highest BCUT2D eigenvalue weighted by Gasteiger charge is 2.12. The second kappa shape index (κ2) is 8.36. The molecule has 2 amide bonds. The average molecular weight is 294 g/mol. The molecule has 0 saturated carbocycles. The number of carbonyl (C=O) groups is 1. The molecule has 6 heteroatoms. The number of hydrogen-bond donors (Lipinski definition) is 2. The number of rotatable bonds is 7. The molecule has 0 unspecified atom stereocenters. The summed E-state index contributed by atoms with van der Waals surface area (Å²) in [6.45, 7) is 5.16. The molecule has 1 aliphatic heterocycles. The molecule has 0 aliphatic carbocycles. The molecule has 2 rings (SSSR count). The van der Waals surface area contributed by atoms with Crippen LogP contribution < -0.4 is 20.1 Å². The summed E-state index contributed by atoms with van der Waals surface area (Å²) in [5.41, 5.74) is 0.686. The first-order valence-corrected chi connectivity index (χ1v) is 7.32. The van der Waals surface area contributed by atoms with Crippen molar-refractivity contribution in [2.75, 3.05) is 38.3 Å². The van der Waals surface area contributed by atoms with Gasteiger partial charge in [-0.1, -0.05) is 0 Å². The van der Waals surface area contributed by atoms with E-state index < -0.39 is 0 Å². The van der Waals surface area contributed by atoms with Crippen LogP contribution in [0, 0.1) is 0 Å². The van der Waals surface area contributed by atoms with Crippen LogP contribution in [0.25, 0.3) is 0 Å². The van der Waals surface area contributed by atoms with Gasteiger partial charge in [0.25, 0.3) is 0 Å². The minimum Gasteiger partial charge on any atom is -0.486 e. The first-order valence-electron chi connectivity index (χ1n) is 7.32. The lowest BCUT2D eigenvalue weighted by Gasteiger charge is -2.19. The zero-order valence-electron chi connectivity index (χ0n) is 12.3. The van der Waals surface area contributed by atoms with Gasteiger partial charge in [-0.15, -0.1) is 0 Å². The van der Waals surface area contributed by atoms with Crippen molar-refractivity contribution in [2.24, 2.45) is 0 Å². The molecule has 0 atom stereocenters. The Morgan fingerprint density at radius 3 is 2.86 bits per heavy atom. The Bertz CT molecular complexity index is 465. The molecule has 0 saturated heterocycles. The summed E-state index contributed by atoms with van der Waals surface area (Å²) in [6.07, 6.45) is 1.84. The van der Waals surface area contributed by atoms with Gasteiger partial charge in [0, 0.05) is 31.5 Å². The van der Waals surface area contributed by atoms with Gasteiger partial charge in [0.1, 0.15) is 13.2 Å². The van der Waals surface area contributed by atoms with Crippen LogP contribution in [0.5, 0.6) is 11.5 Å². The fourth-order valence-corrected chi connectivity index (χ4v) is 1.97. The first-order chi connectivity index (χ1) is 10.3. The van der Waals surface area contributed by atoms with Crippen molar-refractivity contribution < 1.29 is 19.0 Å². The summed E-state index contributed by atoms with van der Waals surface area (Å²) in [5, 5.41) is 5.59. The lowest BCUT2D eigenvalue weighted by molar-refractivity contribution is 0.143. The van der Waals surface area contributed by atoms with E-state index >= 15 is 0 Å². The normalized spacial score (nSPS) is 12.8. The summed E-state index contributed by atoms with van der Waals surface area (Å²) in [5.74, 6) is 1.37. The number of carbonyl (C=O) groups excluding carboxylic acids is 1. The monoisotopic (exact) mass is 294 g/mol. The van der Waals surface area contributed by atoms with Gasteiger partial charge in [0.15, 0.2) is 11.5 Å². The van der Waals surface area contributed by atoms with Crippen LogP contribution in [0.2, 0.25) is 0 Å². The van der Waals surface area contributed by atoms with Crippen LogP contribution in [0.1, 0.15) is 19.8 Å². The maximum absolute atomic E-state index is 11.7. The predicted molar refractivity (Wildman–Crippen MR) is 80.2 cm³/mol. The van der Waals surface area contributed by atoms with Crippen LogP contribution in [0.3, 0.4) is 0 Å². The van der Waals surface area contributed by atoms with Crippen molar-refractivity contribution in [1.29, 1.82) is 0 Å². The van der Waals surface area contributed by atoms with Crippen molar-refractivity contribution >= 4 is 11.7 Å². The molecule has 0 aromatic heterocycles. The van der Waals surface area contributed by atoms with Crippen LogP contribution in [0.4, 0.5) is 10.5 Å². The molecule has 0 radical (unpaired) electrons. The van der Waals surface area contributed by atoms with Crippen molar-refractivity contribution in [1.82, 2.24) is 5.32 Å². The Morgan fingerprint density at radius 2 is 2.05 bits per heavy atom. The van der Waals surface area contributed by atoms with Crippen LogP contribution in [-0.2, 0) is 4.74 Å². The van der Waals surface area contributed by atoms with E-state index in [1.165, 1.54) is 0 Å². The van der Waals surface area contributed by atoms with Crippen LogP contribution in [-0.4, -0.2) is 39.0 Å². The third kappa shape index (κ3) is 5.15. The Hall–Kier alpha value is -1.95. The second-order valence-corrected chi connectivity index (χ2v) is 4.64. The largest absolute Gasteiger partial charge is 0.486 e. The molecule has 21 heavy (non-hydrogen) atoms. The number of urea groups is 1. The van der Waals surface area contributed by atoms with E-state index in [0.717, 1.165) is 26.1 Å². The highest BCUT2D eigenvalue weighted by atomic mass is 16.6. The zero-order valence-corrected chi connectivity index (χ0v) is 12.3. The standard InChI is InChI=1S/C15H22N2O4/c1-2-19-8-4-3-7-16-15(18)17-12-5-6-13-14(11-12)21-10-9-20-13/h5-6,11H,2-4,7-10H2,1H3,(H2,16,17,18). The molecule has 2 N–H and O–H groups in total. The minimum absolute atomic E-state index is 0.219. The van der Waals surface area contributed by atoms with E-state index in [0.29, 0.717) is 36.9 Å². The summed E-state index contributed by atoms with van der Waals surface area (Å²) < 4.78 is 16.1. The fourth-order valence-electron chi connectivity index (χ4n) is 1.97. The molecule has 1 aliphatic rings. The van der Waals surface area contributed by atoms with Gasteiger partial charge in [0.2, 0.25) is 0 Å². The van der Waals surface area contributed by atoms with Gasteiger partial charge in [-0.25, -0.2) is 4.79 Å². The predicted octanol–water partition coefficient (Wildman–Crippen LogP) is 2.40. The average Bonchev–Trinajstić information content (AvgIpc) is 2.50. The first kappa shape index (κ1) is 15.4. The fraction of sp³-hybridized carbons (Fsp3) is 0.533. The Balaban J connectivity index is 1.70. The Kier molecular flexibility index (Phi) is 6.15. The maximum Gasteiger partial charge on any atom is 0.319 e. The molecule has 1 aromatic carbocycles. The molecular formula is C15H22N2O4. The van der Waals surface area contributed by atoms with Gasteiger partial charge in [-0.05, 0) is 31.9 Å². The highest BCUT2D eigenvalue weighted by Crippen LogP contribution is 2.32. The highest BCUT2D eigenvalue weighted by molar-refractivity contribution is 5.89. The Morgan fingerprint density at radius 1 is 1.24 bits per heavy atom. The number of fused-ring (bicyclic) bond motifs is 1. The van der Waals surface area contributed by atoms with Gasteiger partial charge in [-0.2, -0.15) is 0 Å². The SMILES string of the molecule is CCOCCCCNC(=O)Nc1ccc2c(c1)OCCO2. The molecule has 1 aromatic rings. The third-order valence-corrected chi connectivity index (χ3v) is 3.01. The van der Waals surface area contributed by atoms with E-state index in [2.05, 4.69) is 10.6 Å². The Labute approximate surface area is 124 Å². The molecule has 0 bridgehead atoms. The number of hydrogen-bond acceptors (Lipinski definition) is 4. The molecule has 116 valence electrons. The van der Waals surface area contributed by atoms with E-state index in [4.69, 9.17) is 14.2 Å². The number of ether oxygens (including phenoxy) is 3. The topological polar surface area (TPSA) is 68.8 Å². The van der Waals surface area contributed by atoms with E-state index in [1.54, 1.807) is 18.2 Å². The van der Waals surface area contributed by atoms with Gasteiger partial charge in [0.05, 0.1) is 0 Å². The van der Waals surface area contributed by atoms with Crippen molar-refractivity contribution in [2.45, 2.75) is 19.8 Å². The van der Waals surface area contributed by atoms with Crippen LogP contribution >= 0.6 is 0 Å². The summed E-state index contributed by atoms with van der Waals surface area (Å²) in [7, 11) is 0. The lowest BCUT2D eigenvalue weighted by atomic mass is 10.2. The van der Waals surface area contributed by atoms with Crippen molar-refractivity contribution in [3.8, 4) is 11.5 Å². The number of unbranched alkanes of at least 4 members (excludes halogenated alkanes) is 1. The third-order valence-electron chi connectivity index (χ3n) is 3.01. The van der Waals surface area contributed by atoms with E-state index in [-0.39, 0.29) is 6.03 Å². The molecule has 1 heterocycles. The molecular weight excluding hydrogens is 272 g/mol. The zero-order chi connectivity index (χ0) is 14.9. The summed E-state index contributed by atoms with van der Waals surface area (Å²) >= 11 is 0. The number of nitrogens with one attached hydrogen (secondary N) is 2. The number of benzene rings is 1. The second-order valence-electron chi connectivity index (χ2n) is 4.64. The van der Waals surface area contributed by atoms with Gasteiger partial charge >= 0.3 is 6.03 Å². The maximum atomic E-state index is 11.7. The van der Waals surface area contributed by atoms with E-state index in [9.17, 15) is 4.79 Å². The number of amides is 2. The molecule has 0 fully saturated rings. The van der Waals surface area contributed by atoms with Crippen molar-refractivity contribution in [3.63, 3.8) is 0 Å². The van der Waals surface area contributed by atoms with Crippen molar-refractivity contribution in [3.05, 3.63) is 18.2 Å². The minimum atomic E-state index is -0.219. The smallest absolute Gasteiger partial charge is 0.319 e. The quantitative estimate of drug-likeness (QED) is 0.758. The summed E-state index contributed by atoms with van der Waals surface area (Å²) in [6, 6.07) is 5.14. The lowest BCUT2D eigenvalue weighted by Crippen LogP contribution is -2.29. The molecule has 0 spiro atoms. The number of anilines is 1. The van der Waals surface area contributed by atoms with Crippen LogP contribution in [0.15, 0.2) is 18.2 Å².